The van der Waals surface area contributed by atoms with Gasteiger partial charge in [-0.05, 0) is 54.8 Å². The summed E-state index contributed by atoms with van der Waals surface area (Å²) in [6, 6.07) is 9.07. The molecule has 1 aliphatic heterocycles. The normalized spacial score (nSPS) is 16.6. The SMILES string of the molecule is O=C(NCCC1CC1)c1ccc(N2CCN(C(=O)c3cc(F)ccc3C(F)(F)F)CC2)cc1. The average molecular weight is 463 g/mol. The third kappa shape index (κ3) is 5.64. The lowest BCUT2D eigenvalue weighted by molar-refractivity contribution is -0.138. The van der Waals surface area contributed by atoms with Crippen LogP contribution in [0.15, 0.2) is 42.5 Å². The Hall–Kier alpha value is -3.10. The topological polar surface area (TPSA) is 52.7 Å². The maximum absolute atomic E-state index is 13.6. The summed E-state index contributed by atoms with van der Waals surface area (Å²) in [5.41, 5.74) is -0.386. The molecular formula is C24H25F4N3O2. The van der Waals surface area contributed by atoms with Gasteiger partial charge in [-0.25, -0.2) is 4.39 Å². The van der Waals surface area contributed by atoms with Gasteiger partial charge in [0.05, 0.1) is 11.1 Å². The Morgan fingerprint density at radius 3 is 2.24 bits per heavy atom. The van der Waals surface area contributed by atoms with Crippen molar-refractivity contribution in [2.75, 3.05) is 37.6 Å². The van der Waals surface area contributed by atoms with E-state index in [1.165, 1.54) is 17.7 Å². The molecule has 4 rings (SSSR count). The number of nitrogens with one attached hydrogen (secondary N) is 1. The fraction of sp³-hybridized carbons (Fsp3) is 0.417. The summed E-state index contributed by atoms with van der Waals surface area (Å²) in [4.78, 5) is 28.2. The van der Waals surface area contributed by atoms with Gasteiger partial charge in [-0.3, -0.25) is 9.59 Å². The lowest BCUT2D eigenvalue weighted by atomic mass is 10.0. The minimum Gasteiger partial charge on any atom is -0.368 e. The van der Waals surface area contributed by atoms with Crippen molar-refractivity contribution in [2.24, 2.45) is 5.92 Å². The van der Waals surface area contributed by atoms with E-state index in [2.05, 4.69) is 5.32 Å². The highest BCUT2D eigenvalue weighted by Crippen LogP contribution is 2.33. The van der Waals surface area contributed by atoms with E-state index in [0.29, 0.717) is 43.4 Å². The first kappa shape index (κ1) is 23.1. The number of carbonyl (C=O) groups is 2. The zero-order chi connectivity index (χ0) is 23.6. The quantitative estimate of drug-likeness (QED) is 0.649. The van der Waals surface area contributed by atoms with Gasteiger partial charge in [0.25, 0.3) is 11.8 Å². The van der Waals surface area contributed by atoms with Crippen molar-refractivity contribution in [1.29, 1.82) is 0 Å². The molecular weight excluding hydrogens is 438 g/mol. The number of nitrogens with zero attached hydrogens (tertiary/aromatic N) is 2. The molecule has 2 fully saturated rings. The predicted octanol–water partition coefficient (Wildman–Crippen LogP) is 4.34. The number of hydrogen-bond donors (Lipinski definition) is 1. The third-order valence-electron chi connectivity index (χ3n) is 6.11. The van der Waals surface area contributed by atoms with Crippen LogP contribution in [0.5, 0.6) is 0 Å². The molecule has 176 valence electrons. The summed E-state index contributed by atoms with van der Waals surface area (Å²) in [5.74, 6) is -1.09. The van der Waals surface area contributed by atoms with Crippen molar-refractivity contribution in [3.05, 3.63) is 65.0 Å². The van der Waals surface area contributed by atoms with Gasteiger partial charge in [-0.15, -0.1) is 0 Å². The van der Waals surface area contributed by atoms with Gasteiger partial charge >= 0.3 is 6.18 Å². The van der Waals surface area contributed by atoms with Crippen LogP contribution in [-0.2, 0) is 6.18 Å². The van der Waals surface area contributed by atoms with E-state index in [0.717, 1.165) is 18.0 Å². The third-order valence-corrected chi connectivity index (χ3v) is 6.11. The molecule has 0 aromatic heterocycles. The van der Waals surface area contributed by atoms with Crippen LogP contribution in [0.25, 0.3) is 0 Å². The van der Waals surface area contributed by atoms with Crippen LogP contribution in [0.3, 0.4) is 0 Å². The summed E-state index contributed by atoms with van der Waals surface area (Å²) >= 11 is 0. The summed E-state index contributed by atoms with van der Waals surface area (Å²) in [5, 5.41) is 2.92. The molecule has 2 aromatic rings. The van der Waals surface area contributed by atoms with E-state index < -0.39 is 29.0 Å². The summed E-state index contributed by atoms with van der Waals surface area (Å²) in [7, 11) is 0. The Labute approximate surface area is 189 Å². The van der Waals surface area contributed by atoms with Crippen LogP contribution in [0.4, 0.5) is 23.2 Å². The fourth-order valence-corrected chi connectivity index (χ4v) is 4.00. The minimum atomic E-state index is -4.74. The molecule has 2 aromatic carbocycles. The van der Waals surface area contributed by atoms with E-state index in [4.69, 9.17) is 0 Å². The number of rotatable bonds is 6. The molecule has 5 nitrogen and oxygen atoms in total. The zero-order valence-electron chi connectivity index (χ0n) is 18.0. The molecule has 1 saturated heterocycles. The number of amides is 2. The number of benzene rings is 2. The second-order valence-electron chi connectivity index (χ2n) is 8.50. The summed E-state index contributed by atoms with van der Waals surface area (Å²) in [6.45, 7) is 1.90. The molecule has 1 saturated carbocycles. The molecule has 0 atom stereocenters. The number of anilines is 1. The molecule has 2 amide bonds. The van der Waals surface area contributed by atoms with Crippen LogP contribution in [-0.4, -0.2) is 49.4 Å². The van der Waals surface area contributed by atoms with Crippen molar-refractivity contribution in [2.45, 2.75) is 25.4 Å². The Morgan fingerprint density at radius 2 is 1.64 bits per heavy atom. The van der Waals surface area contributed by atoms with Gasteiger partial charge in [0.15, 0.2) is 0 Å². The lowest BCUT2D eigenvalue weighted by Gasteiger charge is -2.36. The van der Waals surface area contributed by atoms with Crippen LogP contribution < -0.4 is 10.2 Å². The number of hydrogen-bond acceptors (Lipinski definition) is 3. The monoisotopic (exact) mass is 463 g/mol. The van der Waals surface area contributed by atoms with E-state index >= 15 is 0 Å². The Kier molecular flexibility index (Phi) is 6.58. The Balaban J connectivity index is 1.34. The molecule has 0 spiro atoms. The second-order valence-corrected chi connectivity index (χ2v) is 8.50. The van der Waals surface area contributed by atoms with Crippen molar-refractivity contribution in [1.82, 2.24) is 10.2 Å². The maximum atomic E-state index is 13.6. The van der Waals surface area contributed by atoms with Gasteiger partial charge in [0.1, 0.15) is 5.82 Å². The van der Waals surface area contributed by atoms with Crippen molar-refractivity contribution in [3.63, 3.8) is 0 Å². The van der Waals surface area contributed by atoms with Crippen molar-refractivity contribution < 1.29 is 27.2 Å². The van der Waals surface area contributed by atoms with Gasteiger partial charge in [0.2, 0.25) is 0 Å². The predicted molar refractivity (Wildman–Crippen MR) is 116 cm³/mol. The molecule has 33 heavy (non-hydrogen) atoms. The van der Waals surface area contributed by atoms with Gasteiger partial charge < -0.3 is 15.1 Å². The molecule has 0 radical (unpaired) electrons. The Bertz CT molecular complexity index is 1010. The van der Waals surface area contributed by atoms with Crippen LogP contribution in [0.2, 0.25) is 0 Å². The molecule has 0 bridgehead atoms. The fourth-order valence-electron chi connectivity index (χ4n) is 4.00. The number of piperazine rings is 1. The van der Waals surface area contributed by atoms with Gasteiger partial charge in [0, 0.05) is 44.0 Å². The highest BCUT2D eigenvalue weighted by molar-refractivity contribution is 5.96. The van der Waals surface area contributed by atoms with E-state index in [9.17, 15) is 27.2 Å². The standard InChI is InChI=1S/C24H25F4N3O2/c25-18-5-8-21(24(26,27)28)20(15-18)23(33)31-13-11-30(12-14-31)19-6-3-17(4-7-19)22(32)29-10-9-16-1-2-16/h3-8,15-16H,1-2,9-14H2,(H,29,32). The first-order valence-corrected chi connectivity index (χ1v) is 11.0. The summed E-state index contributed by atoms with van der Waals surface area (Å²) < 4.78 is 53.3. The van der Waals surface area contributed by atoms with Crippen LogP contribution in [0, 0.1) is 11.7 Å². The lowest BCUT2D eigenvalue weighted by Crippen LogP contribution is -2.49. The zero-order valence-corrected chi connectivity index (χ0v) is 18.0. The molecule has 1 aliphatic carbocycles. The molecule has 1 heterocycles. The van der Waals surface area contributed by atoms with E-state index in [1.807, 2.05) is 17.0 Å². The van der Waals surface area contributed by atoms with Crippen molar-refractivity contribution in [3.8, 4) is 0 Å². The second kappa shape index (κ2) is 9.41. The number of halogens is 4. The van der Waals surface area contributed by atoms with E-state index in [-0.39, 0.29) is 19.0 Å². The average Bonchev–Trinajstić information content (AvgIpc) is 3.62. The molecule has 0 unspecified atom stereocenters. The van der Waals surface area contributed by atoms with Crippen LogP contribution in [0.1, 0.15) is 45.5 Å². The van der Waals surface area contributed by atoms with Crippen molar-refractivity contribution >= 4 is 17.5 Å². The molecule has 2 aliphatic rings. The van der Waals surface area contributed by atoms with Crippen LogP contribution >= 0.6 is 0 Å². The Morgan fingerprint density at radius 1 is 0.970 bits per heavy atom. The number of alkyl halides is 3. The largest absolute Gasteiger partial charge is 0.417 e. The minimum absolute atomic E-state index is 0.117. The highest BCUT2D eigenvalue weighted by atomic mass is 19.4. The highest BCUT2D eigenvalue weighted by Gasteiger charge is 2.37. The van der Waals surface area contributed by atoms with Gasteiger partial charge in [-0.2, -0.15) is 13.2 Å². The molecule has 9 heteroatoms. The first-order chi connectivity index (χ1) is 15.7. The summed E-state index contributed by atoms with van der Waals surface area (Å²) in [6.07, 6.45) is -1.25. The van der Waals surface area contributed by atoms with E-state index in [1.54, 1.807) is 12.1 Å². The van der Waals surface area contributed by atoms with Gasteiger partial charge in [-0.1, -0.05) is 12.8 Å². The first-order valence-electron chi connectivity index (χ1n) is 11.0. The molecule has 1 N–H and O–H groups in total. The number of carbonyl (C=O) groups excluding carboxylic acids is 2. The maximum Gasteiger partial charge on any atom is 0.417 e. The smallest absolute Gasteiger partial charge is 0.368 e.